The van der Waals surface area contributed by atoms with Gasteiger partial charge in [0.25, 0.3) is 0 Å². The number of hydrogen-bond acceptors (Lipinski definition) is 2. The van der Waals surface area contributed by atoms with Gasteiger partial charge in [-0.15, -0.1) is 0 Å². The molecule has 14 heavy (non-hydrogen) atoms. The van der Waals surface area contributed by atoms with E-state index in [0.717, 1.165) is 24.3 Å². The van der Waals surface area contributed by atoms with Gasteiger partial charge in [-0.3, -0.25) is 4.79 Å². The molecule has 2 rings (SSSR count). The van der Waals surface area contributed by atoms with Gasteiger partial charge in [0, 0.05) is 6.54 Å². The molecule has 3 nitrogen and oxygen atoms in total. The minimum absolute atomic E-state index is 0.00669. The van der Waals surface area contributed by atoms with Crippen LogP contribution in [0.1, 0.15) is 32.6 Å². The minimum Gasteiger partial charge on any atom is -0.354 e. The Balaban J connectivity index is 1.74. The molecule has 3 heteroatoms. The molecule has 3 N–H and O–H groups in total. The summed E-state index contributed by atoms with van der Waals surface area (Å²) < 4.78 is 0. The Morgan fingerprint density at radius 3 is 2.79 bits per heavy atom. The zero-order valence-corrected chi connectivity index (χ0v) is 8.83. The second-order valence-corrected chi connectivity index (χ2v) is 4.97. The van der Waals surface area contributed by atoms with Gasteiger partial charge in [0.2, 0.25) is 5.91 Å². The van der Waals surface area contributed by atoms with Crippen LogP contribution in [-0.2, 0) is 4.79 Å². The summed E-state index contributed by atoms with van der Waals surface area (Å²) in [4.78, 5) is 11.3. The number of fused-ring (bicyclic) bond motifs is 2. The average Bonchev–Trinajstić information content (AvgIpc) is 2.74. The zero-order chi connectivity index (χ0) is 10.1. The second-order valence-electron chi connectivity index (χ2n) is 4.97. The van der Waals surface area contributed by atoms with E-state index in [4.69, 9.17) is 5.73 Å². The lowest BCUT2D eigenvalue weighted by atomic mass is 9.89. The summed E-state index contributed by atoms with van der Waals surface area (Å²) in [6, 6.07) is -0.367. The number of carbonyl (C=O) groups excluding carboxylic acids is 1. The van der Waals surface area contributed by atoms with Gasteiger partial charge in [-0.05, 0) is 43.9 Å². The van der Waals surface area contributed by atoms with Crippen molar-refractivity contribution in [2.75, 3.05) is 6.54 Å². The van der Waals surface area contributed by atoms with Crippen LogP contribution in [0.15, 0.2) is 0 Å². The number of nitrogens with one attached hydrogen (secondary N) is 1. The van der Waals surface area contributed by atoms with Crippen molar-refractivity contribution in [3.8, 4) is 0 Å². The second kappa shape index (κ2) is 3.89. The topological polar surface area (TPSA) is 55.1 Å². The summed E-state index contributed by atoms with van der Waals surface area (Å²) in [5.74, 6) is 2.56. The quantitative estimate of drug-likeness (QED) is 0.704. The Labute approximate surface area is 85.4 Å². The first kappa shape index (κ1) is 9.97. The highest BCUT2D eigenvalue weighted by Gasteiger charge is 2.39. The highest BCUT2D eigenvalue weighted by molar-refractivity contribution is 5.80. The lowest BCUT2D eigenvalue weighted by Gasteiger charge is -2.22. The lowest BCUT2D eigenvalue weighted by molar-refractivity contribution is -0.122. The molecule has 2 fully saturated rings. The van der Waals surface area contributed by atoms with Crippen LogP contribution >= 0.6 is 0 Å². The molecule has 0 heterocycles. The van der Waals surface area contributed by atoms with E-state index >= 15 is 0 Å². The Hall–Kier alpha value is -0.570. The van der Waals surface area contributed by atoms with Crippen molar-refractivity contribution in [3.63, 3.8) is 0 Å². The largest absolute Gasteiger partial charge is 0.354 e. The molecular formula is C11H20N2O. The van der Waals surface area contributed by atoms with Gasteiger partial charge in [-0.25, -0.2) is 0 Å². The molecule has 2 aliphatic rings. The van der Waals surface area contributed by atoms with Crippen LogP contribution in [0.3, 0.4) is 0 Å². The van der Waals surface area contributed by atoms with Gasteiger partial charge >= 0.3 is 0 Å². The van der Waals surface area contributed by atoms with Crippen molar-refractivity contribution in [1.82, 2.24) is 5.32 Å². The maximum Gasteiger partial charge on any atom is 0.236 e. The summed E-state index contributed by atoms with van der Waals surface area (Å²) in [6.45, 7) is 2.58. The Bertz CT molecular complexity index is 227. The molecule has 0 aliphatic heterocycles. The molecular weight excluding hydrogens is 176 g/mol. The monoisotopic (exact) mass is 196 g/mol. The van der Waals surface area contributed by atoms with E-state index in [1.54, 1.807) is 6.92 Å². The van der Waals surface area contributed by atoms with Crippen molar-refractivity contribution >= 4 is 5.91 Å². The third-order valence-corrected chi connectivity index (χ3v) is 3.84. The maximum atomic E-state index is 11.3. The van der Waals surface area contributed by atoms with Gasteiger partial charge in [-0.2, -0.15) is 0 Å². The van der Waals surface area contributed by atoms with Gasteiger partial charge in [-0.1, -0.05) is 6.42 Å². The number of nitrogens with two attached hydrogens (primary N) is 1. The van der Waals surface area contributed by atoms with Gasteiger partial charge in [0.15, 0.2) is 0 Å². The van der Waals surface area contributed by atoms with Crippen molar-refractivity contribution < 1.29 is 4.79 Å². The van der Waals surface area contributed by atoms with Crippen LogP contribution in [-0.4, -0.2) is 18.5 Å². The van der Waals surface area contributed by atoms with E-state index in [-0.39, 0.29) is 11.9 Å². The molecule has 4 unspecified atom stereocenters. The minimum atomic E-state index is -0.367. The molecule has 80 valence electrons. The number of rotatable bonds is 3. The third-order valence-electron chi connectivity index (χ3n) is 3.84. The fourth-order valence-corrected chi connectivity index (χ4v) is 3.02. The summed E-state index contributed by atoms with van der Waals surface area (Å²) in [5, 5.41) is 2.94. The molecule has 2 saturated carbocycles. The van der Waals surface area contributed by atoms with Crippen LogP contribution in [0.25, 0.3) is 0 Å². The first-order valence-electron chi connectivity index (χ1n) is 5.70. The van der Waals surface area contributed by atoms with Crippen LogP contribution in [0.4, 0.5) is 0 Å². The molecule has 0 aromatic carbocycles. The normalized spacial score (nSPS) is 37.1. The van der Waals surface area contributed by atoms with E-state index < -0.39 is 0 Å². The maximum absolute atomic E-state index is 11.3. The van der Waals surface area contributed by atoms with Crippen LogP contribution in [0, 0.1) is 17.8 Å². The molecule has 4 atom stereocenters. The summed E-state index contributed by atoms with van der Waals surface area (Å²) in [7, 11) is 0. The molecule has 2 bridgehead atoms. The average molecular weight is 196 g/mol. The fourth-order valence-electron chi connectivity index (χ4n) is 3.02. The summed E-state index contributed by atoms with van der Waals surface area (Å²) in [5.41, 5.74) is 5.48. The van der Waals surface area contributed by atoms with Crippen molar-refractivity contribution in [2.45, 2.75) is 38.6 Å². The summed E-state index contributed by atoms with van der Waals surface area (Å²) >= 11 is 0. The smallest absolute Gasteiger partial charge is 0.236 e. The van der Waals surface area contributed by atoms with E-state index in [9.17, 15) is 4.79 Å². The Morgan fingerprint density at radius 1 is 1.50 bits per heavy atom. The van der Waals surface area contributed by atoms with Crippen molar-refractivity contribution in [2.24, 2.45) is 23.5 Å². The lowest BCUT2D eigenvalue weighted by Crippen LogP contribution is -2.41. The molecule has 1 amide bonds. The highest BCUT2D eigenvalue weighted by atomic mass is 16.2. The first-order chi connectivity index (χ1) is 6.66. The van der Waals surface area contributed by atoms with Crippen LogP contribution in [0.2, 0.25) is 0 Å². The molecule has 2 aliphatic carbocycles. The standard InChI is InChI=1S/C11H20N2O/c1-7(12)11(14)13-6-10-5-8-2-3-9(10)4-8/h7-10H,2-6,12H2,1H3,(H,13,14). The highest BCUT2D eigenvalue weighted by Crippen LogP contribution is 2.47. The molecule has 0 aromatic heterocycles. The van der Waals surface area contributed by atoms with Crippen LogP contribution in [0.5, 0.6) is 0 Å². The number of carbonyl (C=O) groups is 1. The Morgan fingerprint density at radius 2 is 2.29 bits per heavy atom. The predicted octanol–water partition coefficient (Wildman–Crippen LogP) is 0.886. The third kappa shape index (κ3) is 1.92. The van der Waals surface area contributed by atoms with E-state index in [1.807, 2.05) is 0 Å². The number of amides is 1. The molecule has 0 spiro atoms. The zero-order valence-electron chi connectivity index (χ0n) is 8.83. The molecule has 0 saturated heterocycles. The van der Waals surface area contributed by atoms with Gasteiger partial charge in [0.1, 0.15) is 0 Å². The molecule has 0 radical (unpaired) electrons. The van der Waals surface area contributed by atoms with Gasteiger partial charge in [0.05, 0.1) is 6.04 Å². The molecule has 0 aromatic rings. The van der Waals surface area contributed by atoms with E-state index in [0.29, 0.717) is 0 Å². The van der Waals surface area contributed by atoms with Crippen LogP contribution < -0.4 is 11.1 Å². The van der Waals surface area contributed by atoms with Gasteiger partial charge < -0.3 is 11.1 Å². The van der Waals surface area contributed by atoms with Crippen molar-refractivity contribution in [1.29, 1.82) is 0 Å². The number of hydrogen-bond donors (Lipinski definition) is 2. The Kier molecular flexibility index (Phi) is 2.77. The first-order valence-corrected chi connectivity index (χ1v) is 5.70. The predicted molar refractivity (Wildman–Crippen MR) is 55.6 cm³/mol. The van der Waals surface area contributed by atoms with E-state index in [1.165, 1.54) is 25.7 Å². The van der Waals surface area contributed by atoms with E-state index in [2.05, 4.69) is 5.32 Å². The SMILES string of the molecule is CC(N)C(=O)NCC1CC2CCC1C2. The van der Waals surface area contributed by atoms with Crippen molar-refractivity contribution in [3.05, 3.63) is 0 Å². The summed E-state index contributed by atoms with van der Waals surface area (Å²) in [6.07, 6.45) is 5.52. The fraction of sp³-hybridized carbons (Fsp3) is 0.909.